The third kappa shape index (κ3) is 4.27. The zero-order chi connectivity index (χ0) is 18.4. The van der Waals surface area contributed by atoms with Gasteiger partial charge >= 0.3 is 11.9 Å². The highest BCUT2D eigenvalue weighted by Gasteiger charge is 2.29. The van der Waals surface area contributed by atoms with Crippen LogP contribution >= 0.6 is 0 Å². The molecule has 136 valence electrons. The number of methoxy groups -OCH3 is 3. The molecular weight excluding hydrogens is 330 g/mol. The van der Waals surface area contributed by atoms with E-state index in [0.29, 0.717) is 13.0 Å². The number of carbonyl (C=O) groups is 3. The summed E-state index contributed by atoms with van der Waals surface area (Å²) in [6, 6.07) is 2.09. The molecule has 0 saturated carbocycles. The Bertz CT molecular complexity index is 640. The maximum absolute atomic E-state index is 12.3. The second kappa shape index (κ2) is 8.48. The minimum Gasteiger partial charge on any atom is -0.493 e. The summed E-state index contributed by atoms with van der Waals surface area (Å²) >= 11 is 0. The van der Waals surface area contributed by atoms with Crippen molar-refractivity contribution in [3.05, 3.63) is 17.7 Å². The first-order valence-electron chi connectivity index (χ1n) is 7.85. The van der Waals surface area contributed by atoms with Gasteiger partial charge in [-0.15, -0.1) is 0 Å². The zero-order valence-corrected chi connectivity index (χ0v) is 14.4. The van der Waals surface area contributed by atoms with E-state index in [0.717, 1.165) is 12.8 Å². The lowest BCUT2D eigenvalue weighted by atomic mass is 10.1. The van der Waals surface area contributed by atoms with E-state index >= 15 is 0 Å². The number of benzene rings is 1. The predicted molar refractivity (Wildman–Crippen MR) is 87.2 cm³/mol. The third-order valence-corrected chi connectivity index (χ3v) is 3.90. The minimum atomic E-state index is -1.24. The van der Waals surface area contributed by atoms with Crippen molar-refractivity contribution in [3.63, 3.8) is 0 Å². The topological polar surface area (TPSA) is 100 Å². The SMILES string of the molecule is COc1cc(C(=O)C(=O)OC(=O)C2CCCCN2)cc(OC)c1OC. The molecule has 0 bridgehead atoms. The van der Waals surface area contributed by atoms with E-state index in [1.54, 1.807) is 0 Å². The van der Waals surface area contributed by atoms with E-state index in [1.807, 2.05) is 0 Å². The number of Topliss-reactive ketones (excluding diaryl/α,β-unsaturated/α-hetero) is 1. The molecule has 1 aromatic rings. The van der Waals surface area contributed by atoms with Crippen LogP contribution in [-0.4, -0.2) is 51.6 Å². The molecule has 1 fully saturated rings. The fourth-order valence-corrected chi connectivity index (χ4v) is 2.59. The van der Waals surface area contributed by atoms with Gasteiger partial charge in [-0.2, -0.15) is 0 Å². The Morgan fingerprint density at radius 2 is 1.64 bits per heavy atom. The van der Waals surface area contributed by atoms with E-state index in [2.05, 4.69) is 5.32 Å². The fourth-order valence-electron chi connectivity index (χ4n) is 2.59. The van der Waals surface area contributed by atoms with Gasteiger partial charge in [0.2, 0.25) is 5.75 Å². The average molecular weight is 351 g/mol. The molecule has 2 rings (SSSR count). The van der Waals surface area contributed by atoms with Crippen molar-refractivity contribution >= 4 is 17.7 Å². The lowest BCUT2D eigenvalue weighted by Gasteiger charge is -2.20. The largest absolute Gasteiger partial charge is 0.493 e. The van der Waals surface area contributed by atoms with Crippen molar-refractivity contribution < 1.29 is 33.3 Å². The lowest BCUT2D eigenvalue weighted by molar-refractivity contribution is -0.158. The van der Waals surface area contributed by atoms with E-state index in [1.165, 1.54) is 33.5 Å². The number of hydrogen-bond acceptors (Lipinski definition) is 8. The minimum absolute atomic E-state index is 0.0242. The first-order valence-corrected chi connectivity index (χ1v) is 7.85. The van der Waals surface area contributed by atoms with Crippen molar-refractivity contribution in [2.75, 3.05) is 27.9 Å². The monoisotopic (exact) mass is 351 g/mol. The highest BCUT2D eigenvalue weighted by Crippen LogP contribution is 2.38. The summed E-state index contributed by atoms with van der Waals surface area (Å²) in [6.07, 6.45) is 2.40. The van der Waals surface area contributed by atoms with Gasteiger partial charge in [0.05, 0.1) is 21.3 Å². The summed E-state index contributed by atoms with van der Waals surface area (Å²) < 4.78 is 20.1. The molecule has 1 saturated heterocycles. The summed E-state index contributed by atoms with van der Waals surface area (Å²) in [7, 11) is 4.20. The van der Waals surface area contributed by atoms with Gasteiger partial charge in [-0.05, 0) is 31.5 Å². The van der Waals surface area contributed by atoms with Crippen LogP contribution in [0.2, 0.25) is 0 Å². The summed E-state index contributed by atoms with van der Waals surface area (Å²) in [5.41, 5.74) is -0.0242. The molecule has 1 unspecified atom stereocenters. The van der Waals surface area contributed by atoms with Crippen LogP contribution in [0, 0.1) is 0 Å². The quantitative estimate of drug-likeness (QED) is 0.352. The molecule has 1 atom stereocenters. The zero-order valence-electron chi connectivity index (χ0n) is 14.4. The summed E-state index contributed by atoms with van der Waals surface area (Å²) in [5, 5.41) is 2.96. The third-order valence-electron chi connectivity index (χ3n) is 3.90. The Labute approximate surface area is 145 Å². The summed E-state index contributed by atoms with van der Waals surface area (Å²) in [5.74, 6) is -2.23. The van der Waals surface area contributed by atoms with Gasteiger partial charge in [0.15, 0.2) is 11.5 Å². The molecule has 0 aliphatic carbocycles. The number of hydrogen-bond donors (Lipinski definition) is 1. The molecule has 25 heavy (non-hydrogen) atoms. The standard InChI is InChI=1S/C17H21NO7/c1-22-12-8-10(9-13(23-2)15(12)24-3)14(19)17(21)25-16(20)11-6-4-5-7-18-11/h8-9,11,18H,4-7H2,1-3H3. The van der Waals surface area contributed by atoms with Crippen molar-refractivity contribution in [3.8, 4) is 17.2 Å². The Hall–Kier alpha value is -2.61. The van der Waals surface area contributed by atoms with Gasteiger partial charge in [-0.3, -0.25) is 4.79 Å². The van der Waals surface area contributed by atoms with Crippen molar-refractivity contribution in [1.82, 2.24) is 5.32 Å². The first kappa shape index (κ1) is 18.7. The molecular formula is C17H21NO7. The smallest absolute Gasteiger partial charge is 0.387 e. The summed E-state index contributed by atoms with van der Waals surface area (Å²) in [4.78, 5) is 36.3. The van der Waals surface area contributed by atoms with Gasteiger partial charge in [-0.1, -0.05) is 6.42 Å². The van der Waals surface area contributed by atoms with Gasteiger partial charge in [0.1, 0.15) is 6.04 Å². The Morgan fingerprint density at radius 1 is 1.00 bits per heavy atom. The Kier molecular flexibility index (Phi) is 6.35. The second-order valence-corrected chi connectivity index (χ2v) is 5.45. The van der Waals surface area contributed by atoms with Gasteiger partial charge < -0.3 is 24.3 Å². The van der Waals surface area contributed by atoms with Crippen LogP contribution < -0.4 is 19.5 Å². The van der Waals surface area contributed by atoms with Crippen molar-refractivity contribution in [2.24, 2.45) is 0 Å². The average Bonchev–Trinajstić information content (AvgIpc) is 2.66. The number of ketones is 1. The van der Waals surface area contributed by atoms with Gasteiger partial charge in [0.25, 0.3) is 5.78 Å². The fraction of sp³-hybridized carbons (Fsp3) is 0.471. The number of piperidine rings is 1. The second-order valence-electron chi connectivity index (χ2n) is 5.45. The maximum Gasteiger partial charge on any atom is 0.387 e. The molecule has 0 amide bonds. The molecule has 0 spiro atoms. The Balaban J connectivity index is 2.15. The van der Waals surface area contributed by atoms with Crippen LogP contribution in [0.5, 0.6) is 17.2 Å². The van der Waals surface area contributed by atoms with Crippen LogP contribution in [-0.2, 0) is 14.3 Å². The van der Waals surface area contributed by atoms with Crippen LogP contribution in [0.15, 0.2) is 12.1 Å². The normalized spacial score (nSPS) is 16.7. The molecule has 8 heteroatoms. The van der Waals surface area contributed by atoms with Crippen molar-refractivity contribution in [1.29, 1.82) is 0 Å². The predicted octanol–water partition coefficient (Wildman–Crippen LogP) is 1.11. The lowest BCUT2D eigenvalue weighted by Crippen LogP contribution is -2.42. The molecule has 1 N–H and O–H groups in total. The highest BCUT2D eigenvalue weighted by atomic mass is 16.6. The van der Waals surface area contributed by atoms with E-state index in [4.69, 9.17) is 18.9 Å². The number of rotatable bonds is 6. The first-order chi connectivity index (χ1) is 12.0. The van der Waals surface area contributed by atoms with Crippen molar-refractivity contribution in [2.45, 2.75) is 25.3 Å². The molecule has 8 nitrogen and oxygen atoms in total. The molecule has 1 aliphatic rings. The number of carbonyl (C=O) groups excluding carboxylic acids is 3. The van der Waals surface area contributed by atoms with Crippen LogP contribution in [0.3, 0.4) is 0 Å². The molecule has 1 aliphatic heterocycles. The number of esters is 2. The van der Waals surface area contributed by atoms with Gasteiger partial charge in [0, 0.05) is 5.56 Å². The van der Waals surface area contributed by atoms with Gasteiger partial charge in [-0.25, -0.2) is 9.59 Å². The molecule has 1 aromatic carbocycles. The van der Waals surface area contributed by atoms with Crippen LogP contribution in [0.4, 0.5) is 0 Å². The number of nitrogens with one attached hydrogen (secondary N) is 1. The van der Waals surface area contributed by atoms with Crippen LogP contribution in [0.25, 0.3) is 0 Å². The van der Waals surface area contributed by atoms with E-state index < -0.39 is 23.8 Å². The number of ether oxygens (including phenoxy) is 4. The Morgan fingerprint density at radius 3 is 2.12 bits per heavy atom. The molecule has 0 aromatic heterocycles. The van der Waals surface area contributed by atoms with E-state index in [-0.39, 0.29) is 22.8 Å². The highest BCUT2D eigenvalue weighted by molar-refractivity contribution is 6.42. The summed E-state index contributed by atoms with van der Waals surface area (Å²) in [6.45, 7) is 0.675. The van der Waals surface area contributed by atoms with E-state index in [9.17, 15) is 14.4 Å². The van der Waals surface area contributed by atoms with Crippen LogP contribution in [0.1, 0.15) is 29.6 Å². The maximum atomic E-state index is 12.3. The molecule has 0 radical (unpaired) electrons. The molecule has 1 heterocycles.